The number of hydrogen-bond donors (Lipinski definition) is 1. The Morgan fingerprint density at radius 1 is 1.08 bits per heavy atom. The van der Waals surface area contributed by atoms with Crippen molar-refractivity contribution in [1.82, 2.24) is 9.55 Å². The molecular formula is C19H17N3O2. The number of benzene rings is 2. The van der Waals surface area contributed by atoms with Crippen molar-refractivity contribution in [1.29, 1.82) is 0 Å². The summed E-state index contributed by atoms with van der Waals surface area (Å²) in [6.07, 6.45) is 0.939. The first-order valence-corrected chi connectivity index (χ1v) is 8.03. The van der Waals surface area contributed by atoms with E-state index < -0.39 is 0 Å². The number of furan rings is 1. The van der Waals surface area contributed by atoms with E-state index in [0.29, 0.717) is 17.0 Å². The first kappa shape index (κ1) is 14.5. The third kappa shape index (κ3) is 2.25. The van der Waals surface area contributed by atoms with Gasteiger partial charge < -0.3 is 9.73 Å². The zero-order valence-electron chi connectivity index (χ0n) is 13.3. The van der Waals surface area contributed by atoms with Gasteiger partial charge in [0.2, 0.25) is 11.5 Å². The van der Waals surface area contributed by atoms with Gasteiger partial charge in [-0.2, -0.15) is 0 Å². The first-order chi connectivity index (χ1) is 11.8. The highest BCUT2D eigenvalue weighted by Crippen LogP contribution is 2.26. The highest BCUT2D eigenvalue weighted by atomic mass is 16.3. The molecule has 0 unspecified atom stereocenters. The molecule has 1 N–H and O–H groups in total. The number of para-hydroxylation sites is 2. The predicted octanol–water partition coefficient (Wildman–Crippen LogP) is 3.95. The molecule has 0 fully saturated rings. The van der Waals surface area contributed by atoms with Gasteiger partial charge in [0.05, 0.1) is 5.69 Å². The largest absolute Gasteiger partial charge is 0.448 e. The maximum Gasteiger partial charge on any atom is 0.303 e. The minimum Gasteiger partial charge on any atom is -0.448 e. The molecule has 0 saturated heterocycles. The van der Waals surface area contributed by atoms with E-state index in [1.165, 1.54) is 0 Å². The summed E-state index contributed by atoms with van der Waals surface area (Å²) in [7, 11) is 0. The molecule has 4 aromatic rings. The Kier molecular flexibility index (Phi) is 3.54. The number of rotatable bonds is 4. The summed E-state index contributed by atoms with van der Waals surface area (Å²) in [5, 5.41) is 4.11. The molecule has 0 aliphatic rings. The standard InChI is InChI=1S/C19H17N3O2/c1-2-12-20-19-21-16-14-10-6-7-11-15(14)24-17(16)18(23)22(19)13-8-4-3-5-9-13/h3-11H,2,12H2,1H3,(H,20,21). The molecule has 120 valence electrons. The third-order valence-corrected chi connectivity index (χ3v) is 3.94. The lowest BCUT2D eigenvalue weighted by Gasteiger charge is -2.13. The molecule has 0 radical (unpaired) electrons. The van der Waals surface area contributed by atoms with Crippen LogP contribution in [-0.2, 0) is 0 Å². The Hall–Kier alpha value is -3.08. The SMILES string of the molecule is CCCNc1nc2c(oc3ccccc32)c(=O)n1-c1ccccc1. The molecule has 0 saturated carbocycles. The van der Waals surface area contributed by atoms with Crippen LogP contribution >= 0.6 is 0 Å². The van der Waals surface area contributed by atoms with Gasteiger partial charge in [0.25, 0.3) is 0 Å². The highest BCUT2D eigenvalue weighted by Gasteiger charge is 2.18. The summed E-state index contributed by atoms with van der Waals surface area (Å²) in [6.45, 7) is 2.81. The van der Waals surface area contributed by atoms with Crippen molar-refractivity contribution in [2.75, 3.05) is 11.9 Å². The lowest BCUT2D eigenvalue weighted by molar-refractivity contribution is 0.657. The van der Waals surface area contributed by atoms with E-state index in [4.69, 9.17) is 9.40 Å². The van der Waals surface area contributed by atoms with Crippen LogP contribution in [0.1, 0.15) is 13.3 Å². The van der Waals surface area contributed by atoms with Gasteiger partial charge in [-0.3, -0.25) is 4.79 Å². The summed E-state index contributed by atoms with van der Waals surface area (Å²) in [5.41, 5.74) is 2.10. The van der Waals surface area contributed by atoms with Gasteiger partial charge in [-0.25, -0.2) is 9.55 Å². The van der Waals surface area contributed by atoms with Crippen LogP contribution in [0.4, 0.5) is 5.95 Å². The zero-order valence-corrected chi connectivity index (χ0v) is 13.3. The van der Waals surface area contributed by atoms with Crippen LogP contribution in [0.5, 0.6) is 0 Å². The van der Waals surface area contributed by atoms with Gasteiger partial charge >= 0.3 is 5.56 Å². The van der Waals surface area contributed by atoms with E-state index in [1.54, 1.807) is 4.57 Å². The number of nitrogens with one attached hydrogen (secondary N) is 1. The van der Waals surface area contributed by atoms with Crippen molar-refractivity contribution < 1.29 is 4.42 Å². The molecule has 5 nitrogen and oxygen atoms in total. The first-order valence-electron chi connectivity index (χ1n) is 8.03. The molecule has 0 aliphatic heterocycles. The number of nitrogens with zero attached hydrogens (tertiary/aromatic N) is 2. The molecule has 5 heteroatoms. The molecule has 2 heterocycles. The lowest BCUT2D eigenvalue weighted by atomic mass is 10.2. The Labute approximate surface area is 138 Å². The molecule has 4 rings (SSSR count). The van der Waals surface area contributed by atoms with Crippen molar-refractivity contribution in [2.24, 2.45) is 0 Å². The van der Waals surface area contributed by atoms with Crippen molar-refractivity contribution in [3.63, 3.8) is 0 Å². The van der Waals surface area contributed by atoms with E-state index in [2.05, 4.69) is 12.2 Å². The number of aromatic nitrogens is 2. The molecule has 24 heavy (non-hydrogen) atoms. The van der Waals surface area contributed by atoms with Gasteiger partial charge in [-0.1, -0.05) is 37.3 Å². The van der Waals surface area contributed by atoms with Crippen LogP contribution in [0.15, 0.2) is 63.8 Å². The Morgan fingerprint density at radius 2 is 1.83 bits per heavy atom. The molecule has 0 amide bonds. The van der Waals surface area contributed by atoms with Crippen LogP contribution in [0.3, 0.4) is 0 Å². The average Bonchev–Trinajstić information content (AvgIpc) is 3.00. The van der Waals surface area contributed by atoms with Crippen LogP contribution in [0.25, 0.3) is 27.8 Å². The summed E-state index contributed by atoms with van der Waals surface area (Å²) in [6, 6.07) is 17.1. The predicted molar refractivity (Wildman–Crippen MR) is 95.9 cm³/mol. The minimum atomic E-state index is -0.207. The molecule has 0 spiro atoms. The summed E-state index contributed by atoms with van der Waals surface area (Å²) < 4.78 is 7.35. The van der Waals surface area contributed by atoms with Gasteiger partial charge in [-0.05, 0) is 30.7 Å². The molecule has 0 bridgehead atoms. The fourth-order valence-corrected chi connectivity index (χ4v) is 2.81. The maximum absolute atomic E-state index is 13.1. The third-order valence-electron chi connectivity index (χ3n) is 3.94. The molecule has 2 aromatic carbocycles. The van der Waals surface area contributed by atoms with Crippen molar-refractivity contribution in [2.45, 2.75) is 13.3 Å². The normalized spacial score (nSPS) is 11.2. The van der Waals surface area contributed by atoms with Gasteiger partial charge in [0.15, 0.2) is 0 Å². The fourth-order valence-electron chi connectivity index (χ4n) is 2.81. The average molecular weight is 319 g/mol. The Bertz CT molecular complexity index is 1060. The van der Waals surface area contributed by atoms with Crippen LogP contribution < -0.4 is 10.9 Å². The van der Waals surface area contributed by atoms with E-state index >= 15 is 0 Å². The van der Waals surface area contributed by atoms with Gasteiger partial charge in [0, 0.05) is 11.9 Å². The lowest BCUT2D eigenvalue weighted by Crippen LogP contribution is -2.23. The van der Waals surface area contributed by atoms with E-state index in [9.17, 15) is 4.79 Å². The monoisotopic (exact) mass is 319 g/mol. The number of hydrogen-bond acceptors (Lipinski definition) is 4. The highest BCUT2D eigenvalue weighted by molar-refractivity contribution is 6.02. The summed E-state index contributed by atoms with van der Waals surface area (Å²) in [5.74, 6) is 0.534. The van der Waals surface area contributed by atoms with Crippen LogP contribution in [-0.4, -0.2) is 16.1 Å². The maximum atomic E-state index is 13.1. The summed E-state index contributed by atoms with van der Waals surface area (Å²) in [4.78, 5) is 17.8. The van der Waals surface area contributed by atoms with Crippen LogP contribution in [0, 0.1) is 0 Å². The van der Waals surface area contributed by atoms with Crippen molar-refractivity contribution in [3.8, 4) is 5.69 Å². The smallest absolute Gasteiger partial charge is 0.303 e. The molecule has 0 atom stereocenters. The van der Waals surface area contributed by atoms with Gasteiger partial charge in [0.1, 0.15) is 11.1 Å². The van der Waals surface area contributed by atoms with Crippen LogP contribution in [0.2, 0.25) is 0 Å². The second kappa shape index (κ2) is 5.85. The number of fused-ring (bicyclic) bond motifs is 3. The van der Waals surface area contributed by atoms with E-state index in [0.717, 1.165) is 24.0 Å². The van der Waals surface area contributed by atoms with Gasteiger partial charge in [-0.15, -0.1) is 0 Å². The minimum absolute atomic E-state index is 0.207. The Morgan fingerprint density at radius 3 is 2.62 bits per heavy atom. The topological polar surface area (TPSA) is 60.1 Å². The van der Waals surface area contributed by atoms with Crippen molar-refractivity contribution >= 4 is 28.0 Å². The molecular weight excluding hydrogens is 302 g/mol. The van der Waals surface area contributed by atoms with E-state index in [1.807, 2.05) is 54.6 Å². The molecule has 2 aromatic heterocycles. The summed E-state index contributed by atoms with van der Waals surface area (Å²) >= 11 is 0. The fraction of sp³-hybridized carbons (Fsp3) is 0.158. The number of anilines is 1. The quantitative estimate of drug-likeness (QED) is 0.618. The zero-order chi connectivity index (χ0) is 16.5. The van der Waals surface area contributed by atoms with Crippen molar-refractivity contribution in [3.05, 3.63) is 65.0 Å². The van der Waals surface area contributed by atoms with E-state index in [-0.39, 0.29) is 11.1 Å². The second-order valence-corrected chi connectivity index (χ2v) is 5.61. The Balaban J connectivity index is 2.07. The molecule has 0 aliphatic carbocycles. The second-order valence-electron chi connectivity index (χ2n) is 5.61.